The van der Waals surface area contributed by atoms with Crippen LogP contribution >= 0.6 is 11.6 Å². The third-order valence-corrected chi connectivity index (χ3v) is 3.38. The molecule has 1 N–H and O–H groups in total. The molecule has 3 nitrogen and oxygen atoms in total. The summed E-state index contributed by atoms with van der Waals surface area (Å²) in [5.74, 6) is -1.41. The van der Waals surface area contributed by atoms with Crippen molar-refractivity contribution in [2.24, 2.45) is 5.92 Å². The number of nitrogens with zero attached hydrogens (tertiary/aromatic N) is 1. The molecule has 1 saturated heterocycles. The summed E-state index contributed by atoms with van der Waals surface area (Å²) in [6.07, 6.45) is 0.661. The van der Waals surface area contributed by atoms with Gasteiger partial charge in [-0.2, -0.15) is 0 Å². The minimum absolute atomic E-state index is 0.297. The summed E-state index contributed by atoms with van der Waals surface area (Å²) in [5, 5.41) is 9.28. The Labute approximate surface area is 104 Å². The van der Waals surface area contributed by atoms with Gasteiger partial charge in [-0.25, -0.2) is 4.39 Å². The number of carboxylic acids is 1. The topological polar surface area (TPSA) is 40.5 Å². The Balaban J connectivity index is 2.00. The lowest BCUT2D eigenvalue weighted by Gasteiger charge is -2.16. The van der Waals surface area contributed by atoms with Crippen LogP contribution in [-0.2, 0) is 11.3 Å². The molecule has 0 amide bonds. The second-order valence-electron chi connectivity index (χ2n) is 4.29. The second kappa shape index (κ2) is 5.02. The van der Waals surface area contributed by atoms with Crippen molar-refractivity contribution in [1.82, 2.24) is 4.90 Å². The molecule has 0 spiro atoms. The maximum absolute atomic E-state index is 12.9. The van der Waals surface area contributed by atoms with Gasteiger partial charge in [-0.1, -0.05) is 17.7 Å². The highest BCUT2D eigenvalue weighted by Crippen LogP contribution is 2.23. The highest BCUT2D eigenvalue weighted by atomic mass is 35.5. The number of rotatable bonds is 3. The summed E-state index contributed by atoms with van der Waals surface area (Å²) in [5.41, 5.74) is 0.833. The molecule has 1 heterocycles. The van der Waals surface area contributed by atoms with Crippen molar-refractivity contribution in [2.45, 2.75) is 13.0 Å². The zero-order valence-corrected chi connectivity index (χ0v) is 9.95. The number of carbonyl (C=O) groups is 1. The van der Waals surface area contributed by atoms with Crippen molar-refractivity contribution in [3.05, 3.63) is 34.6 Å². The fraction of sp³-hybridized carbons (Fsp3) is 0.417. The van der Waals surface area contributed by atoms with Crippen molar-refractivity contribution in [3.63, 3.8) is 0 Å². The van der Waals surface area contributed by atoms with Gasteiger partial charge in [0.1, 0.15) is 5.82 Å². The van der Waals surface area contributed by atoms with Gasteiger partial charge in [-0.3, -0.25) is 9.69 Å². The number of halogens is 2. The molecule has 1 aliphatic rings. The summed E-state index contributed by atoms with van der Waals surface area (Å²) in [6.45, 7) is 1.84. The normalized spacial score (nSPS) is 20.7. The van der Waals surface area contributed by atoms with Gasteiger partial charge in [-0.15, -0.1) is 0 Å². The van der Waals surface area contributed by atoms with Crippen LogP contribution in [-0.4, -0.2) is 29.1 Å². The molecule has 0 aliphatic carbocycles. The summed E-state index contributed by atoms with van der Waals surface area (Å²) in [7, 11) is 0. The number of benzene rings is 1. The first-order valence-electron chi connectivity index (χ1n) is 5.45. The Morgan fingerprint density at radius 3 is 2.94 bits per heavy atom. The molecular weight excluding hydrogens is 245 g/mol. The van der Waals surface area contributed by atoms with Gasteiger partial charge in [0.2, 0.25) is 0 Å². The maximum atomic E-state index is 12.9. The van der Waals surface area contributed by atoms with E-state index in [-0.39, 0.29) is 11.7 Å². The molecule has 1 aliphatic heterocycles. The van der Waals surface area contributed by atoms with Gasteiger partial charge < -0.3 is 5.11 Å². The van der Waals surface area contributed by atoms with Crippen LogP contribution in [0, 0.1) is 11.7 Å². The van der Waals surface area contributed by atoms with E-state index in [0.717, 1.165) is 12.1 Å². The smallest absolute Gasteiger partial charge is 0.307 e. The number of hydrogen-bond donors (Lipinski definition) is 1. The largest absolute Gasteiger partial charge is 0.481 e. The lowest BCUT2D eigenvalue weighted by molar-refractivity contribution is -0.141. The fourth-order valence-electron chi connectivity index (χ4n) is 2.07. The third-order valence-electron chi connectivity index (χ3n) is 3.03. The van der Waals surface area contributed by atoms with Gasteiger partial charge in [0.15, 0.2) is 0 Å². The molecule has 1 aromatic rings. The van der Waals surface area contributed by atoms with Crippen LogP contribution < -0.4 is 0 Å². The molecule has 1 fully saturated rings. The fourth-order valence-corrected chi connectivity index (χ4v) is 2.30. The van der Waals surface area contributed by atoms with Crippen LogP contribution in [0.5, 0.6) is 0 Å². The monoisotopic (exact) mass is 257 g/mol. The Morgan fingerprint density at radius 2 is 2.35 bits per heavy atom. The maximum Gasteiger partial charge on any atom is 0.307 e. The number of aliphatic carboxylic acids is 1. The van der Waals surface area contributed by atoms with E-state index in [1.807, 2.05) is 4.90 Å². The second-order valence-corrected chi connectivity index (χ2v) is 4.70. The molecule has 0 aromatic heterocycles. The average molecular weight is 258 g/mol. The molecule has 1 atom stereocenters. The number of hydrogen-bond acceptors (Lipinski definition) is 2. The molecule has 2 rings (SSSR count). The van der Waals surface area contributed by atoms with Gasteiger partial charge >= 0.3 is 5.97 Å². The zero-order chi connectivity index (χ0) is 12.4. The first kappa shape index (κ1) is 12.3. The summed E-state index contributed by atoms with van der Waals surface area (Å²) >= 11 is 5.92. The van der Waals surface area contributed by atoms with Crippen molar-refractivity contribution < 1.29 is 14.3 Å². The van der Waals surface area contributed by atoms with Gasteiger partial charge in [-0.05, 0) is 30.7 Å². The van der Waals surface area contributed by atoms with Crippen LogP contribution in [0.2, 0.25) is 5.02 Å². The minimum atomic E-state index is -0.752. The lowest BCUT2D eigenvalue weighted by Crippen LogP contribution is -2.22. The predicted octanol–water partition coefficient (Wildman–Crippen LogP) is 2.39. The molecule has 0 bridgehead atoms. The molecule has 5 heteroatoms. The van der Waals surface area contributed by atoms with Crippen LogP contribution in [0.15, 0.2) is 18.2 Å². The lowest BCUT2D eigenvalue weighted by atomic mass is 10.1. The first-order chi connectivity index (χ1) is 8.06. The van der Waals surface area contributed by atoms with Crippen molar-refractivity contribution in [2.75, 3.05) is 13.1 Å². The average Bonchev–Trinajstić information content (AvgIpc) is 2.71. The van der Waals surface area contributed by atoms with E-state index in [1.165, 1.54) is 12.1 Å². The van der Waals surface area contributed by atoms with Crippen LogP contribution in [0.3, 0.4) is 0 Å². The molecule has 0 saturated carbocycles. The zero-order valence-electron chi connectivity index (χ0n) is 9.20. The highest BCUT2D eigenvalue weighted by molar-refractivity contribution is 6.31. The summed E-state index contributed by atoms with van der Waals surface area (Å²) < 4.78 is 12.9. The Bertz CT molecular complexity index is 439. The van der Waals surface area contributed by atoms with E-state index in [0.29, 0.717) is 24.5 Å². The molecule has 0 radical (unpaired) electrons. The molecule has 92 valence electrons. The molecule has 17 heavy (non-hydrogen) atoms. The molecular formula is C12H13ClFNO2. The minimum Gasteiger partial charge on any atom is -0.481 e. The van der Waals surface area contributed by atoms with E-state index in [2.05, 4.69) is 0 Å². The molecule has 0 unspecified atom stereocenters. The molecule has 1 aromatic carbocycles. The third kappa shape index (κ3) is 2.96. The standard InChI is InChI=1S/C12H13ClFNO2/c13-11-5-10(14)2-1-8(11)6-15-4-3-9(7-15)12(16)17/h1-2,5,9H,3-4,6-7H2,(H,16,17)/t9-/m1/s1. The van der Waals surface area contributed by atoms with E-state index in [9.17, 15) is 9.18 Å². The number of carboxylic acid groups (broad SMARTS) is 1. The first-order valence-corrected chi connectivity index (χ1v) is 5.83. The van der Waals surface area contributed by atoms with Gasteiger partial charge in [0, 0.05) is 18.1 Å². The van der Waals surface area contributed by atoms with E-state index < -0.39 is 5.97 Å². The van der Waals surface area contributed by atoms with Crippen LogP contribution in [0.25, 0.3) is 0 Å². The van der Waals surface area contributed by atoms with Crippen molar-refractivity contribution >= 4 is 17.6 Å². The summed E-state index contributed by atoms with van der Waals surface area (Å²) in [6, 6.07) is 4.29. The quantitative estimate of drug-likeness (QED) is 0.904. The van der Waals surface area contributed by atoms with Crippen LogP contribution in [0.1, 0.15) is 12.0 Å². The highest BCUT2D eigenvalue weighted by Gasteiger charge is 2.28. The SMILES string of the molecule is O=C(O)[C@@H]1CCN(Cc2ccc(F)cc2Cl)C1. The Morgan fingerprint density at radius 1 is 1.59 bits per heavy atom. The van der Waals surface area contributed by atoms with Crippen LogP contribution in [0.4, 0.5) is 4.39 Å². The van der Waals surface area contributed by atoms with Gasteiger partial charge in [0.25, 0.3) is 0 Å². The van der Waals surface area contributed by atoms with E-state index in [1.54, 1.807) is 6.07 Å². The van der Waals surface area contributed by atoms with Crippen molar-refractivity contribution in [1.29, 1.82) is 0 Å². The van der Waals surface area contributed by atoms with Gasteiger partial charge in [0.05, 0.1) is 5.92 Å². The predicted molar refractivity (Wildman–Crippen MR) is 62.4 cm³/mol. The van der Waals surface area contributed by atoms with Crippen molar-refractivity contribution in [3.8, 4) is 0 Å². The summed E-state index contributed by atoms with van der Waals surface area (Å²) in [4.78, 5) is 12.8. The Kier molecular flexibility index (Phi) is 3.64. The van der Waals surface area contributed by atoms with E-state index >= 15 is 0 Å². The Hall–Kier alpha value is -1.13. The number of likely N-dealkylation sites (tertiary alicyclic amines) is 1. The van der Waals surface area contributed by atoms with E-state index in [4.69, 9.17) is 16.7 Å².